The summed E-state index contributed by atoms with van der Waals surface area (Å²) >= 11 is 0. The first-order valence-electron chi connectivity index (χ1n) is 5.68. The molecule has 4 heteroatoms. The summed E-state index contributed by atoms with van der Waals surface area (Å²) in [5.41, 5.74) is 2.15. The van der Waals surface area contributed by atoms with Gasteiger partial charge >= 0.3 is 5.97 Å². The molecule has 1 aromatic carbocycles. The smallest absolute Gasteiger partial charge is 0.305 e. The van der Waals surface area contributed by atoms with Gasteiger partial charge in [-0.25, -0.2) is 0 Å². The standard InChI is InChI=1S/C13H17NO3/c1-2-10-4-3-5-11(8-10)9-12(15)14-7-6-13(16)17/h3-5,8H,2,6-7,9H2,1H3,(H,14,15)(H,16,17). The summed E-state index contributed by atoms with van der Waals surface area (Å²) in [4.78, 5) is 21.8. The summed E-state index contributed by atoms with van der Waals surface area (Å²) in [7, 11) is 0. The number of carbonyl (C=O) groups is 2. The fourth-order valence-electron chi connectivity index (χ4n) is 1.52. The Kier molecular flexibility index (Phi) is 5.20. The van der Waals surface area contributed by atoms with Crippen molar-refractivity contribution < 1.29 is 14.7 Å². The monoisotopic (exact) mass is 235 g/mol. The van der Waals surface area contributed by atoms with Crippen molar-refractivity contribution in [1.29, 1.82) is 0 Å². The lowest BCUT2D eigenvalue weighted by Crippen LogP contribution is -2.27. The second-order valence-electron chi connectivity index (χ2n) is 3.84. The number of carboxylic acid groups (broad SMARTS) is 1. The zero-order valence-electron chi connectivity index (χ0n) is 9.90. The molecule has 0 fully saturated rings. The van der Waals surface area contributed by atoms with Crippen molar-refractivity contribution in [3.8, 4) is 0 Å². The van der Waals surface area contributed by atoms with E-state index in [1.807, 2.05) is 24.3 Å². The van der Waals surface area contributed by atoms with Gasteiger partial charge in [-0.3, -0.25) is 9.59 Å². The first-order valence-corrected chi connectivity index (χ1v) is 5.68. The second-order valence-corrected chi connectivity index (χ2v) is 3.84. The van der Waals surface area contributed by atoms with Gasteiger partial charge in [0.05, 0.1) is 12.8 Å². The zero-order valence-corrected chi connectivity index (χ0v) is 9.90. The van der Waals surface area contributed by atoms with Crippen LogP contribution in [-0.4, -0.2) is 23.5 Å². The molecule has 0 saturated heterocycles. The van der Waals surface area contributed by atoms with E-state index in [9.17, 15) is 9.59 Å². The molecular weight excluding hydrogens is 218 g/mol. The molecule has 0 aliphatic rings. The molecule has 0 aliphatic carbocycles. The summed E-state index contributed by atoms with van der Waals surface area (Å²) in [6.45, 7) is 2.24. The van der Waals surface area contributed by atoms with E-state index in [4.69, 9.17) is 5.11 Å². The van der Waals surface area contributed by atoms with Gasteiger partial charge in [-0.1, -0.05) is 31.2 Å². The van der Waals surface area contributed by atoms with Gasteiger partial charge < -0.3 is 10.4 Å². The first-order chi connectivity index (χ1) is 8.11. The maximum atomic E-state index is 11.5. The van der Waals surface area contributed by atoms with E-state index in [1.54, 1.807) is 0 Å². The highest BCUT2D eigenvalue weighted by Crippen LogP contribution is 2.06. The topological polar surface area (TPSA) is 66.4 Å². The van der Waals surface area contributed by atoms with Gasteiger partial charge in [-0.2, -0.15) is 0 Å². The SMILES string of the molecule is CCc1cccc(CC(=O)NCCC(=O)O)c1. The van der Waals surface area contributed by atoms with Gasteiger partial charge in [0.2, 0.25) is 5.91 Å². The molecule has 1 rings (SSSR count). The van der Waals surface area contributed by atoms with Crippen molar-refractivity contribution in [1.82, 2.24) is 5.32 Å². The fourth-order valence-corrected chi connectivity index (χ4v) is 1.52. The summed E-state index contributed by atoms with van der Waals surface area (Å²) in [5, 5.41) is 11.0. The van der Waals surface area contributed by atoms with Crippen molar-refractivity contribution in [3.63, 3.8) is 0 Å². The Bertz CT molecular complexity index is 401. The van der Waals surface area contributed by atoms with Crippen molar-refractivity contribution in [2.75, 3.05) is 6.54 Å². The lowest BCUT2D eigenvalue weighted by Gasteiger charge is -2.05. The summed E-state index contributed by atoms with van der Waals surface area (Å²) < 4.78 is 0. The molecule has 0 unspecified atom stereocenters. The van der Waals surface area contributed by atoms with E-state index in [2.05, 4.69) is 12.2 Å². The van der Waals surface area contributed by atoms with E-state index in [0.29, 0.717) is 6.42 Å². The van der Waals surface area contributed by atoms with Crippen LogP contribution in [0.4, 0.5) is 0 Å². The number of nitrogens with one attached hydrogen (secondary N) is 1. The van der Waals surface area contributed by atoms with Crippen LogP contribution in [0.2, 0.25) is 0 Å². The van der Waals surface area contributed by atoms with Crippen LogP contribution in [0.3, 0.4) is 0 Å². The molecule has 2 N–H and O–H groups in total. The minimum Gasteiger partial charge on any atom is -0.481 e. The van der Waals surface area contributed by atoms with Crippen LogP contribution in [0, 0.1) is 0 Å². The minimum absolute atomic E-state index is 0.0409. The molecule has 17 heavy (non-hydrogen) atoms. The van der Waals surface area contributed by atoms with E-state index >= 15 is 0 Å². The Morgan fingerprint density at radius 3 is 2.65 bits per heavy atom. The predicted octanol–water partition coefficient (Wildman–Crippen LogP) is 1.38. The summed E-state index contributed by atoms with van der Waals surface area (Å²) in [6, 6.07) is 7.84. The number of amides is 1. The van der Waals surface area contributed by atoms with Gasteiger partial charge in [0.25, 0.3) is 0 Å². The molecule has 92 valence electrons. The minimum atomic E-state index is -0.904. The number of aryl methyl sites for hydroxylation is 1. The molecule has 0 aromatic heterocycles. The number of benzene rings is 1. The average molecular weight is 235 g/mol. The van der Waals surface area contributed by atoms with Gasteiger partial charge in [-0.05, 0) is 17.5 Å². The largest absolute Gasteiger partial charge is 0.481 e. The molecule has 1 amide bonds. The highest BCUT2D eigenvalue weighted by atomic mass is 16.4. The van der Waals surface area contributed by atoms with Crippen molar-refractivity contribution >= 4 is 11.9 Å². The summed E-state index contributed by atoms with van der Waals surface area (Å²) in [5.74, 6) is -1.04. The fraction of sp³-hybridized carbons (Fsp3) is 0.385. The predicted molar refractivity (Wildman–Crippen MR) is 64.8 cm³/mol. The van der Waals surface area contributed by atoms with Crippen LogP contribution in [0.1, 0.15) is 24.5 Å². The average Bonchev–Trinajstić information content (AvgIpc) is 2.28. The van der Waals surface area contributed by atoms with Crippen LogP contribution in [0.5, 0.6) is 0 Å². The molecule has 0 radical (unpaired) electrons. The number of carboxylic acids is 1. The van der Waals surface area contributed by atoms with E-state index < -0.39 is 5.97 Å². The zero-order chi connectivity index (χ0) is 12.7. The van der Waals surface area contributed by atoms with E-state index in [0.717, 1.165) is 12.0 Å². The van der Waals surface area contributed by atoms with Crippen molar-refractivity contribution in [2.24, 2.45) is 0 Å². The molecular formula is C13H17NO3. The Morgan fingerprint density at radius 1 is 1.29 bits per heavy atom. The number of carbonyl (C=O) groups excluding carboxylic acids is 1. The Balaban J connectivity index is 2.42. The normalized spacial score (nSPS) is 9.94. The summed E-state index contributed by atoms with van der Waals surface area (Å²) in [6.07, 6.45) is 1.20. The van der Waals surface area contributed by atoms with Crippen LogP contribution < -0.4 is 5.32 Å². The third-order valence-electron chi connectivity index (χ3n) is 2.43. The Hall–Kier alpha value is -1.84. The van der Waals surface area contributed by atoms with Crippen molar-refractivity contribution in [3.05, 3.63) is 35.4 Å². The molecule has 4 nitrogen and oxygen atoms in total. The molecule has 0 atom stereocenters. The second kappa shape index (κ2) is 6.68. The highest BCUT2D eigenvalue weighted by molar-refractivity contribution is 5.79. The number of hydrogen-bond donors (Lipinski definition) is 2. The highest BCUT2D eigenvalue weighted by Gasteiger charge is 2.04. The van der Waals surface area contributed by atoms with E-state index in [-0.39, 0.29) is 18.9 Å². The number of hydrogen-bond acceptors (Lipinski definition) is 2. The molecule has 0 bridgehead atoms. The maximum Gasteiger partial charge on any atom is 0.305 e. The Morgan fingerprint density at radius 2 is 2.00 bits per heavy atom. The quantitative estimate of drug-likeness (QED) is 0.782. The number of aliphatic carboxylic acids is 1. The van der Waals surface area contributed by atoms with Crippen LogP contribution in [0.15, 0.2) is 24.3 Å². The maximum absolute atomic E-state index is 11.5. The Labute approximate surface area is 101 Å². The van der Waals surface area contributed by atoms with Gasteiger partial charge in [0, 0.05) is 6.54 Å². The van der Waals surface area contributed by atoms with Crippen LogP contribution in [0.25, 0.3) is 0 Å². The molecule has 0 heterocycles. The number of rotatable bonds is 6. The lowest BCUT2D eigenvalue weighted by atomic mass is 10.1. The molecule has 0 saturated carbocycles. The van der Waals surface area contributed by atoms with Crippen molar-refractivity contribution in [2.45, 2.75) is 26.2 Å². The molecule has 0 aliphatic heterocycles. The van der Waals surface area contributed by atoms with Gasteiger partial charge in [-0.15, -0.1) is 0 Å². The van der Waals surface area contributed by atoms with Gasteiger partial charge in [0.15, 0.2) is 0 Å². The molecule has 0 spiro atoms. The third-order valence-corrected chi connectivity index (χ3v) is 2.43. The lowest BCUT2D eigenvalue weighted by molar-refractivity contribution is -0.136. The van der Waals surface area contributed by atoms with Crippen LogP contribution in [-0.2, 0) is 22.4 Å². The first kappa shape index (κ1) is 13.2. The van der Waals surface area contributed by atoms with Gasteiger partial charge in [0.1, 0.15) is 0 Å². The molecule has 1 aromatic rings. The van der Waals surface area contributed by atoms with Crippen LogP contribution >= 0.6 is 0 Å². The third kappa shape index (κ3) is 5.15. The van der Waals surface area contributed by atoms with E-state index in [1.165, 1.54) is 5.56 Å².